The second-order valence-corrected chi connectivity index (χ2v) is 9.22. The van der Waals surface area contributed by atoms with E-state index in [0.29, 0.717) is 59.5 Å². The number of aromatic nitrogens is 2. The molecule has 0 bridgehead atoms. The van der Waals surface area contributed by atoms with Crippen molar-refractivity contribution in [1.29, 1.82) is 0 Å². The van der Waals surface area contributed by atoms with Gasteiger partial charge in [0, 0.05) is 29.3 Å². The Morgan fingerprint density at radius 3 is 2.69 bits per heavy atom. The number of fused-ring (bicyclic) bond motifs is 1. The van der Waals surface area contributed by atoms with Gasteiger partial charge in [-0.1, -0.05) is 17.7 Å². The summed E-state index contributed by atoms with van der Waals surface area (Å²) in [4.78, 5) is 15.2. The lowest BCUT2D eigenvalue weighted by atomic mass is 9.95. The Bertz CT molecular complexity index is 1240. The number of H-pyrrole nitrogens is 1. The number of ether oxygens (including phenoxy) is 2. The fourth-order valence-corrected chi connectivity index (χ4v) is 4.52. The van der Waals surface area contributed by atoms with Gasteiger partial charge in [-0.05, 0) is 69.5 Å². The lowest BCUT2D eigenvalue weighted by molar-refractivity contribution is 0.0601. The van der Waals surface area contributed by atoms with Crippen LogP contribution >= 0.6 is 11.6 Å². The van der Waals surface area contributed by atoms with Crippen LogP contribution in [0.4, 0.5) is 0 Å². The lowest BCUT2D eigenvalue weighted by Crippen LogP contribution is -2.31. The minimum absolute atomic E-state index is 0.0207. The highest BCUT2D eigenvalue weighted by Crippen LogP contribution is 2.46. The van der Waals surface area contributed by atoms with Crippen LogP contribution in [0.5, 0.6) is 17.2 Å². The zero-order chi connectivity index (χ0) is 25.3. The van der Waals surface area contributed by atoms with Gasteiger partial charge < -0.3 is 24.6 Å². The van der Waals surface area contributed by atoms with Gasteiger partial charge >= 0.3 is 0 Å². The van der Waals surface area contributed by atoms with Gasteiger partial charge in [-0.15, -0.1) is 0 Å². The summed E-state index contributed by atoms with van der Waals surface area (Å²) >= 11 is 6.36. The predicted molar refractivity (Wildman–Crippen MR) is 133 cm³/mol. The van der Waals surface area contributed by atoms with E-state index in [9.17, 15) is 15.0 Å². The molecule has 0 saturated carbocycles. The SMILES string of the molecule is CCOc1cc(C2c3c(-c4cc(Cl)c(C)cc4O)n[nH]c3C(=O)N2CCCOC(C)C)ccc1O. The molecule has 0 saturated heterocycles. The Kier molecular flexibility index (Phi) is 7.23. The molecule has 0 radical (unpaired) electrons. The maximum absolute atomic E-state index is 13.5. The van der Waals surface area contributed by atoms with Gasteiger partial charge in [0.05, 0.1) is 18.8 Å². The van der Waals surface area contributed by atoms with Crippen LogP contribution in [0.25, 0.3) is 11.3 Å². The number of amides is 1. The van der Waals surface area contributed by atoms with Crippen molar-refractivity contribution >= 4 is 17.5 Å². The Hall–Kier alpha value is -3.23. The molecule has 8 nitrogen and oxygen atoms in total. The molecule has 35 heavy (non-hydrogen) atoms. The summed E-state index contributed by atoms with van der Waals surface area (Å²) in [5, 5.41) is 28.7. The van der Waals surface area contributed by atoms with Crippen LogP contribution < -0.4 is 4.74 Å². The molecule has 2 heterocycles. The summed E-state index contributed by atoms with van der Waals surface area (Å²) in [5.41, 5.74) is 3.37. The molecular weight excluding hydrogens is 470 g/mol. The van der Waals surface area contributed by atoms with Gasteiger partial charge in [-0.3, -0.25) is 9.89 Å². The Morgan fingerprint density at radius 1 is 1.20 bits per heavy atom. The average Bonchev–Trinajstić information content (AvgIpc) is 3.34. The molecule has 1 aromatic heterocycles. The number of carbonyl (C=O) groups excluding carboxylic acids is 1. The number of aryl methyl sites for hydroxylation is 1. The maximum Gasteiger partial charge on any atom is 0.273 e. The Morgan fingerprint density at radius 2 is 1.97 bits per heavy atom. The summed E-state index contributed by atoms with van der Waals surface area (Å²) in [7, 11) is 0. The lowest BCUT2D eigenvalue weighted by Gasteiger charge is -2.27. The van der Waals surface area contributed by atoms with E-state index in [4.69, 9.17) is 21.1 Å². The first kappa shape index (κ1) is 24.9. The van der Waals surface area contributed by atoms with Crippen molar-refractivity contribution in [2.24, 2.45) is 0 Å². The summed E-state index contributed by atoms with van der Waals surface area (Å²) in [5.74, 6) is 0.182. The number of rotatable bonds is 9. The highest BCUT2D eigenvalue weighted by atomic mass is 35.5. The number of phenolic OH excluding ortho intramolecular Hbond substituents is 2. The van der Waals surface area contributed by atoms with Crippen molar-refractivity contribution in [3.63, 3.8) is 0 Å². The maximum atomic E-state index is 13.5. The Labute approximate surface area is 209 Å². The van der Waals surface area contributed by atoms with Crippen LogP contribution in [-0.2, 0) is 4.74 Å². The first-order chi connectivity index (χ1) is 16.7. The van der Waals surface area contributed by atoms with Gasteiger partial charge in [0.2, 0.25) is 0 Å². The van der Waals surface area contributed by atoms with Crippen molar-refractivity contribution in [2.75, 3.05) is 19.8 Å². The first-order valence-electron chi connectivity index (χ1n) is 11.7. The summed E-state index contributed by atoms with van der Waals surface area (Å²) in [6.07, 6.45) is 0.745. The topological polar surface area (TPSA) is 108 Å². The molecule has 1 unspecified atom stereocenters. The van der Waals surface area contributed by atoms with Gasteiger partial charge in [-0.2, -0.15) is 5.10 Å². The number of nitrogens with one attached hydrogen (secondary N) is 1. The molecule has 186 valence electrons. The van der Waals surface area contributed by atoms with Crippen LogP contribution in [-0.4, -0.2) is 57.1 Å². The highest BCUT2D eigenvalue weighted by Gasteiger charge is 2.42. The second kappa shape index (κ2) is 10.2. The smallest absolute Gasteiger partial charge is 0.273 e. The Balaban J connectivity index is 1.81. The van der Waals surface area contributed by atoms with E-state index in [2.05, 4.69) is 10.2 Å². The van der Waals surface area contributed by atoms with E-state index in [0.717, 1.165) is 11.1 Å². The van der Waals surface area contributed by atoms with Crippen molar-refractivity contribution in [3.8, 4) is 28.5 Å². The number of phenols is 2. The molecule has 3 aromatic rings. The third-order valence-electron chi connectivity index (χ3n) is 5.99. The molecule has 1 atom stereocenters. The monoisotopic (exact) mass is 499 g/mol. The van der Waals surface area contributed by atoms with Crippen molar-refractivity contribution in [2.45, 2.75) is 46.3 Å². The number of halogens is 1. The van der Waals surface area contributed by atoms with E-state index < -0.39 is 6.04 Å². The summed E-state index contributed by atoms with van der Waals surface area (Å²) in [6.45, 7) is 8.93. The number of hydrogen-bond donors (Lipinski definition) is 3. The largest absolute Gasteiger partial charge is 0.507 e. The van der Waals surface area contributed by atoms with Crippen LogP contribution in [0, 0.1) is 6.92 Å². The molecule has 9 heteroatoms. The number of nitrogens with zero attached hydrogens (tertiary/aromatic N) is 2. The number of aromatic amines is 1. The third kappa shape index (κ3) is 4.81. The predicted octanol–water partition coefficient (Wildman–Crippen LogP) is 5.21. The minimum atomic E-state index is -0.510. The van der Waals surface area contributed by atoms with Gasteiger partial charge in [-0.25, -0.2) is 0 Å². The number of aromatic hydroxyl groups is 2. The zero-order valence-electron chi connectivity index (χ0n) is 20.3. The normalized spacial score (nSPS) is 15.2. The number of carbonyl (C=O) groups is 1. The molecular formula is C26H30ClN3O5. The van der Waals surface area contributed by atoms with Gasteiger partial charge in [0.25, 0.3) is 5.91 Å². The standard InChI is InChI=1S/C26H30ClN3O5/c1-5-34-21-12-16(7-8-19(21)31)25-22-23(17-13-18(27)15(4)11-20(17)32)28-29-24(22)26(33)30(25)9-6-10-35-14(2)3/h7-8,11-14,25,31-32H,5-6,9-10H2,1-4H3,(H,28,29). The van der Waals surface area contributed by atoms with Crippen molar-refractivity contribution in [3.05, 3.63) is 57.7 Å². The third-order valence-corrected chi connectivity index (χ3v) is 6.40. The molecule has 0 fully saturated rings. The molecule has 4 rings (SSSR count). The highest BCUT2D eigenvalue weighted by molar-refractivity contribution is 6.31. The molecule has 1 amide bonds. The number of benzene rings is 2. The van der Waals surface area contributed by atoms with Gasteiger partial charge in [0.1, 0.15) is 17.1 Å². The second-order valence-electron chi connectivity index (χ2n) is 8.81. The van der Waals surface area contributed by atoms with E-state index in [1.807, 2.05) is 20.8 Å². The fourth-order valence-electron chi connectivity index (χ4n) is 4.36. The summed E-state index contributed by atoms with van der Waals surface area (Å²) in [6, 6.07) is 7.79. The summed E-state index contributed by atoms with van der Waals surface area (Å²) < 4.78 is 11.3. The van der Waals surface area contributed by atoms with Crippen molar-refractivity contribution in [1.82, 2.24) is 15.1 Å². The van der Waals surface area contributed by atoms with E-state index in [-0.39, 0.29) is 23.5 Å². The molecule has 3 N–H and O–H groups in total. The first-order valence-corrected chi connectivity index (χ1v) is 12.1. The van der Waals surface area contributed by atoms with Crippen molar-refractivity contribution < 1.29 is 24.5 Å². The van der Waals surface area contributed by atoms with E-state index in [1.165, 1.54) is 0 Å². The van der Waals surface area contributed by atoms with Crippen LogP contribution in [0.15, 0.2) is 30.3 Å². The quantitative estimate of drug-likeness (QED) is 0.349. The number of hydrogen-bond acceptors (Lipinski definition) is 6. The van der Waals surface area contributed by atoms with Crippen LogP contribution in [0.1, 0.15) is 60.4 Å². The van der Waals surface area contributed by atoms with E-state index >= 15 is 0 Å². The molecule has 0 spiro atoms. The van der Waals surface area contributed by atoms with Crippen LogP contribution in [0.3, 0.4) is 0 Å². The van der Waals surface area contributed by atoms with Gasteiger partial charge in [0.15, 0.2) is 11.5 Å². The minimum Gasteiger partial charge on any atom is -0.507 e. The molecule has 1 aliphatic heterocycles. The fraction of sp³-hybridized carbons (Fsp3) is 0.385. The molecule has 2 aromatic carbocycles. The van der Waals surface area contributed by atoms with E-state index in [1.54, 1.807) is 42.2 Å². The zero-order valence-corrected chi connectivity index (χ0v) is 21.0. The molecule has 1 aliphatic rings. The molecule has 0 aliphatic carbocycles. The van der Waals surface area contributed by atoms with Crippen LogP contribution in [0.2, 0.25) is 5.02 Å². The average molecular weight is 500 g/mol.